The lowest BCUT2D eigenvalue weighted by molar-refractivity contribution is 0.0953. The molecule has 3 heteroatoms. The van der Waals surface area contributed by atoms with Gasteiger partial charge >= 0.3 is 0 Å². The first kappa shape index (κ1) is 11.6. The average molecular weight is 206 g/mol. The van der Waals surface area contributed by atoms with Gasteiger partial charge in [0.05, 0.1) is 7.11 Å². The average Bonchev–Trinajstić information content (AvgIpc) is 2.29. The Morgan fingerprint density at radius 1 is 1.53 bits per heavy atom. The van der Waals surface area contributed by atoms with E-state index in [-0.39, 0.29) is 5.91 Å². The van der Waals surface area contributed by atoms with Gasteiger partial charge in [-0.1, -0.05) is 19.4 Å². The van der Waals surface area contributed by atoms with Crippen LogP contribution in [0.5, 0.6) is 5.75 Å². The summed E-state index contributed by atoms with van der Waals surface area (Å²) in [6.45, 7) is 4.38. The Morgan fingerprint density at radius 3 is 3.00 bits per heavy atom. The van der Waals surface area contributed by atoms with E-state index in [4.69, 9.17) is 4.74 Å². The number of carbonyl (C=O) groups excluding carboxylic acids is 1. The van der Waals surface area contributed by atoms with Gasteiger partial charge in [0.15, 0.2) is 0 Å². The van der Waals surface area contributed by atoms with Gasteiger partial charge in [0, 0.05) is 12.1 Å². The van der Waals surface area contributed by atoms with Crippen molar-refractivity contribution in [2.24, 2.45) is 0 Å². The number of carbonyl (C=O) groups is 1. The van der Waals surface area contributed by atoms with Crippen molar-refractivity contribution >= 4 is 5.91 Å². The molecule has 1 N–H and O–H groups in total. The summed E-state index contributed by atoms with van der Waals surface area (Å²) < 4.78 is 5.04. The third-order valence-corrected chi connectivity index (χ3v) is 2.04. The SMILES string of the molecule is [CH2]CCCNC(=O)c1cccc(OC)c1. The lowest BCUT2D eigenvalue weighted by atomic mass is 10.2. The first-order valence-corrected chi connectivity index (χ1v) is 4.99. The number of hydrogen-bond donors (Lipinski definition) is 1. The van der Waals surface area contributed by atoms with Crippen LogP contribution in [0.1, 0.15) is 23.2 Å². The molecule has 0 saturated carbocycles. The fourth-order valence-electron chi connectivity index (χ4n) is 1.19. The molecule has 0 atom stereocenters. The third-order valence-electron chi connectivity index (χ3n) is 2.04. The number of benzene rings is 1. The van der Waals surface area contributed by atoms with Crippen molar-refractivity contribution in [1.82, 2.24) is 5.32 Å². The van der Waals surface area contributed by atoms with Crippen LogP contribution < -0.4 is 10.1 Å². The van der Waals surface area contributed by atoms with E-state index in [1.54, 1.807) is 25.3 Å². The van der Waals surface area contributed by atoms with Crippen LogP contribution in [-0.2, 0) is 0 Å². The zero-order valence-electron chi connectivity index (χ0n) is 8.95. The van der Waals surface area contributed by atoms with Crippen molar-refractivity contribution in [1.29, 1.82) is 0 Å². The molecule has 81 valence electrons. The summed E-state index contributed by atoms with van der Waals surface area (Å²) in [5.41, 5.74) is 0.624. The molecule has 0 aliphatic rings. The first-order chi connectivity index (χ1) is 7.27. The highest BCUT2D eigenvalue weighted by atomic mass is 16.5. The van der Waals surface area contributed by atoms with Crippen molar-refractivity contribution in [3.05, 3.63) is 36.8 Å². The second-order valence-electron chi connectivity index (χ2n) is 3.19. The summed E-state index contributed by atoms with van der Waals surface area (Å²) in [5.74, 6) is 0.627. The van der Waals surface area contributed by atoms with Crippen LogP contribution in [0.15, 0.2) is 24.3 Å². The predicted molar refractivity (Wildman–Crippen MR) is 59.9 cm³/mol. The second-order valence-corrected chi connectivity index (χ2v) is 3.19. The number of ether oxygens (including phenoxy) is 1. The summed E-state index contributed by atoms with van der Waals surface area (Å²) in [6, 6.07) is 7.10. The number of amides is 1. The van der Waals surface area contributed by atoms with Crippen LogP contribution in [0.4, 0.5) is 0 Å². The van der Waals surface area contributed by atoms with E-state index < -0.39 is 0 Å². The lowest BCUT2D eigenvalue weighted by Crippen LogP contribution is -2.24. The highest BCUT2D eigenvalue weighted by Gasteiger charge is 2.04. The monoisotopic (exact) mass is 206 g/mol. The van der Waals surface area contributed by atoms with Crippen molar-refractivity contribution in [2.45, 2.75) is 12.8 Å². The normalized spacial score (nSPS) is 9.73. The van der Waals surface area contributed by atoms with Crippen LogP contribution in [0.3, 0.4) is 0 Å². The standard InChI is InChI=1S/C12H16NO2/c1-3-4-8-13-12(14)10-6-5-7-11(9-10)15-2/h5-7,9H,1,3-4,8H2,2H3,(H,13,14). The van der Waals surface area contributed by atoms with Gasteiger partial charge < -0.3 is 10.1 Å². The number of nitrogens with one attached hydrogen (secondary N) is 1. The molecular formula is C12H16NO2. The summed E-state index contributed by atoms with van der Waals surface area (Å²) in [5, 5.41) is 2.82. The van der Waals surface area contributed by atoms with Crippen LogP contribution >= 0.6 is 0 Å². The molecule has 0 aliphatic heterocycles. The minimum atomic E-state index is -0.0673. The topological polar surface area (TPSA) is 38.3 Å². The molecular weight excluding hydrogens is 190 g/mol. The number of hydrogen-bond acceptors (Lipinski definition) is 2. The molecule has 0 saturated heterocycles. The van der Waals surface area contributed by atoms with Gasteiger partial charge in [0.25, 0.3) is 5.91 Å². The van der Waals surface area contributed by atoms with Gasteiger partial charge in [-0.2, -0.15) is 0 Å². The minimum Gasteiger partial charge on any atom is -0.497 e. The molecule has 15 heavy (non-hydrogen) atoms. The van der Waals surface area contributed by atoms with Gasteiger partial charge in [-0.15, -0.1) is 0 Å². The Labute approximate surface area is 90.4 Å². The van der Waals surface area contributed by atoms with Crippen LogP contribution in [0.25, 0.3) is 0 Å². The molecule has 0 aromatic heterocycles. The molecule has 0 spiro atoms. The molecule has 1 rings (SSSR count). The van der Waals surface area contributed by atoms with E-state index in [1.807, 2.05) is 6.07 Å². The molecule has 1 aromatic rings. The van der Waals surface area contributed by atoms with Crippen molar-refractivity contribution < 1.29 is 9.53 Å². The highest BCUT2D eigenvalue weighted by Crippen LogP contribution is 2.12. The van der Waals surface area contributed by atoms with Gasteiger partial charge in [-0.3, -0.25) is 4.79 Å². The fraction of sp³-hybridized carbons (Fsp3) is 0.333. The Balaban J connectivity index is 2.57. The summed E-state index contributed by atoms with van der Waals surface area (Å²) in [6.07, 6.45) is 1.73. The Hall–Kier alpha value is -1.51. The first-order valence-electron chi connectivity index (χ1n) is 4.99. The van der Waals surface area contributed by atoms with E-state index in [0.29, 0.717) is 17.9 Å². The molecule has 0 unspecified atom stereocenters. The molecule has 0 aliphatic carbocycles. The Kier molecular flexibility index (Phi) is 4.68. The molecule has 0 bridgehead atoms. The maximum Gasteiger partial charge on any atom is 0.251 e. The molecule has 0 heterocycles. The zero-order chi connectivity index (χ0) is 11.1. The Morgan fingerprint density at radius 2 is 2.33 bits per heavy atom. The minimum absolute atomic E-state index is 0.0673. The van der Waals surface area contributed by atoms with Crippen molar-refractivity contribution in [3.8, 4) is 5.75 Å². The van der Waals surface area contributed by atoms with Crippen molar-refractivity contribution in [3.63, 3.8) is 0 Å². The van der Waals surface area contributed by atoms with Gasteiger partial charge in [-0.25, -0.2) is 0 Å². The predicted octanol–water partition coefficient (Wildman–Crippen LogP) is 2.04. The van der Waals surface area contributed by atoms with Crippen LogP contribution in [-0.4, -0.2) is 19.6 Å². The van der Waals surface area contributed by atoms with E-state index in [9.17, 15) is 4.79 Å². The van der Waals surface area contributed by atoms with E-state index in [1.165, 1.54) is 0 Å². The highest BCUT2D eigenvalue weighted by molar-refractivity contribution is 5.94. The molecule has 1 radical (unpaired) electrons. The molecule has 1 aromatic carbocycles. The Bertz CT molecular complexity index is 323. The number of methoxy groups -OCH3 is 1. The number of rotatable bonds is 5. The van der Waals surface area contributed by atoms with Crippen LogP contribution in [0.2, 0.25) is 0 Å². The maximum absolute atomic E-state index is 11.6. The maximum atomic E-state index is 11.6. The number of unbranched alkanes of at least 4 members (excludes halogenated alkanes) is 1. The van der Waals surface area contributed by atoms with E-state index >= 15 is 0 Å². The van der Waals surface area contributed by atoms with Crippen LogP contribution in [0, 0.1) is 6.92 Å². The summed E-state index contributed by atoms with van der Waals surface area (Å²) in [4.78, 5) is 11.6. The fourth-order valence-corrected chi connectivity index (χ4v) is 1.19. The quantitative estimate of drug-likeness (QED) is 0.749. The van der Waals surface area contributed by atoms with Gasteiger partial charge in [0.1, 0.15) is 5.75 Å². The van der Waals surface area contributed by atoms with E-state index in [2.05, 4.69) is 12.2 Å². The van der Waals surface area contributed by atoms with Gasteiger partial charge in [-0.05, 0) is 24.6 Å². The van der Waals surface area contributed by atoms with Gasteiger partial charge in [0.2, 0.25) is 0 Å². The summed E-state index contributed by atoms with van der Waals surface area (Å²) >= 11 is 0. The van der Waals surface area contributed by atoms with E-state index in [0.717, 1.165) is 12.8 Å². The van der Waals surface area contributed by atoms with Crippen molar-refractivity contribution in [2.75, 3.05) is 13.7 Å². The lowest BCUT2D eigenvalue weighted by Gasteiger charge is -2.05. The summed E-state index contributed by atoms with van der Waals surface area (Å²) in [7, 11) is 1.58. The third kappa shape index (κ3) is 3.62. The largest absolute Gasteiger partial charge is 0.497 e. The molecule has 1 amide bonds. The molecule has 0 fully saturated rings. The second kappa shape index (κ2) is 6.06. The smallest absolute Gasteiger partial charge is 0.251 e. The molecule has 3 nitrogen and oxygen atoms in total. The zero-order valence-corrected chi connectivity index (χ0v) is 8.95.